The fourth-order valence-corrected chi connectivity index (χ4v) is 4.55. The molecule has 1 N–H and O–H groups in total. The van der Waals surface area contributed by atoms with Gasteiger partial charge in [0.15, 0.2) is 5.66 Å². The standard InChI is InChI=1S/C13H23N2O3PS/c1-3-17-19(16,18-4-2)12(10-14)13(20)15-11-8-6-5-7-9-11/h11-12H,3-9H2,1-2H3,(H,15,20). The average molecular weight is 318 g/mol. The fourth-order valence-electron chi connectivity index (χ4n) is 2.35. The first kappa shape index (κ1) is 17.6. The van der Waals surface area contributed by atoms with Gasteiger partial charge >= 0.3 is 7.60 Å². The maximum atomic E-state index is 12.6. The van der Waals surface area contributed by atoms with E-state index in [9.17, 15) is 9.83 Å². The number of nitriles is 1. The Morgan fingerprint density at radius 2 is 1.90 bits per heavy atom. The first-order valence-corrected chi connectivity index (χ1v) is 9.18. The number of rotatable bonds is 7. The maximum absolute atomic E-state index is 12.6. The van der Waals surface area contributed by atoms with Gasteiger partial charge in [0.25, 0.3) is 0 Å². The Morgan fingerprint density at radius 1 is 1.35 bits per heavy atom. The third kappa shape index (κ3) is 4.82. The van der Waals surface area contributed by atoms with Crippen molar-refractivity contribution in [3.05, 3.63) is 0 Å². The summed E-state index contributed by atoms with van der Waals surface area (Å²) in [5.41, 5.74) is -1.03. The molecule has 0 aromatic heterocycles. The van der Waals surface area contributed by atoms with E-state index in [1.54, 1.807) is 13.8 Å². The van der Waals surface area contributed by atoms with Gasteiger partial charge in [-0.1, -0.05) is 31.5 Å². The molecule has 0 amide bonds. The van der Waals surface area contributed by atoms with Crippen LogP contribution in [0.3, 0.4) is 0 Å². The van der Waals surface area contributed by atoms with Crippen molar-refractivity contribution in [3.8, 4) is 6.07 Å². The summed E-state index contributed by atoms with van der Waals surface area (Å²) in [7, 11) is -3.52. The van der Waals surface area contributed by atoms with Crippen molar-refractivity contribution >= 4 is 24.8 Å². The third-order valence-corrected chi connectivity index (χ3v) is 6.03. The molecule has 0 radical (unpaired) electrons. The summed E-state index contributed by atoms with van der Waals surface area (Å²) in [5, 5.41) is 12.5. The zero-order valence-corrected chi connectivity index (χ0v) is 13.8. The first-order valence-electron chi connectivity index (χ1n) is 7.16. The van der Waals surface area contributed by atoms with Crippen LogP contribution in [0.1, 0.15) is 46.0 Å². The van der Waals surface area contributed by atoms with Gasteiger partial charge in [-0.2, -0.15) is 5.26 Å². The van der Waals surface area contributed by atoms with Crippen molar-refractivity contribution < 1.29 is 13.6 Å². The molecular weight excluding hydrogens is 295 g/mol. The van der Waals surface area contributed by atoms with E-state index in [2.05, 4.69) is 5.32 Å². The molecule has 1 saturated carbocycles. The zero-order chi connectivity index (χ0) is 15.0. The van der Waals surface area contributed by atoms with E-state index in [0.717, 1.165) is 25.7 Å². The van der Waals surface area contributed by atoms with Gasteiger partial charge in [0, 0.05) is 6.04 Å². The molecule has 5 nitrogen and oxygen atoms in total. The maximum Gasteiger partial charge on any atom is 0.354 e. The Hall–Kier alpha value is -0.470. The summed E-state index contributed by atoms with van der Waals surface area (Å²) in [6.45, 7) is 3.89. The highest BCUT2D eigenvalue weighted by Gasteiger charge is 2.39. The van der Waals surface area contributed by atoms with Crippen LogP contribution < -0.4 is 5.32 Å². The average Bonchev–Trinajstić information content (AvgIpc) is 2.41. The van der Waals surface area contributed by atoms with Gasteiger partial charge in [-0.3, -0.25) is 4.57 Å². The molecule has 1 fully saturated rings. The molecule has 0 aromatic rings. The second kappa shape index (κ2) is 8.74. The quantitative estimate of drug-likeness (QED) is 0.573. The van der Waals surface area contributed by atoms with Crippen molar-refractivity contribution in [2.75, 3.05) is 13.2 Å². The van der Waals surface area contributed by atoms with Crippen LogP contribution in [-0.2, 0) is 13.6 Å². The number of hydrogen-bond donors (Lipinski definition) is 1. The molecule has 0 aliphatic heterocycles. The monoisotopic (exact) mass is 318 g/mol. The van der Waals surface area contributed by atoms with Gasteiger partial charge in [-0.25, -0.2) is 0 Å². The van der Waals surface area contributed by atoms with Crippen LogP contribution in [0.4, 0.5) is 0 Å². The molecule has 0 spiro atoms. The smallest absolute Gasteiger partial charge is 0.354 e. The molecule has 0 saturated heterocycles. The SMILES string of the molecule is CCOP(=O)(OCC)C(C#N)C(=S)NC1CCCCC1. The molecule has 7 heteroatoms. The summed E-state index contributed by atoms with van der Waals surface area (Å²) < 4.78 is 23.1. The fraction of sp³-hybridized carbons (Fsp3) is 0.846. The molecule has 0 aromatic carbocycles. The highest BCUT2D eigenvalue weighted by Crippen LogP contribution is 2.53. The van der Waals surface area contributed by atoms with Crippen LogP contribution in [0.5, 0.6) is 0 Å². The summed E-state index contributed by atoms with van der Waals surface area (Å²) in [4.78, 5) is 0.282. The topological polar surface area (TPSA) is 71.3 Å². The Morgan fingerprint density at radius 3 is 2.35 bits per heavy atom. The molecule has 1 aliphatic rings. The van der Waals surface area contributed by atoms with Crippen LogP contribution in [0.25, 0.3) is 0 Å². The zero-order valence-electron chi connectivity index (χ0n) is 12.1. The van der Waals surface area contributed by atoms with E-state index in [1.165, 1.54) is 6.42 Å². The van der Waals surface area contributed by atoms with Crippen LogP contribution in [0.2, 0.25) is 0 Å². The summed E-state index contributed by atoms with van der Waals surface area (Å²) in [6, 6.07) is 2.25. The van der Waals surface area contributed by atoms with Crippen molar-refractivity contribution in [1.82, 2.24) is 5.32 Å². The minimum absolute atomic E-state index is 0.224. The molecule has 0 heterocycles. The van der Waals surface area contributed by atoms with Crippen LogP contribution in [0, 0.1) is 11.3 Å². The van der Waals surface area contributed by atoms with Gasteiger partial charge in [-0.05, 0) is 26.7 Å². The predicted octanol–water partition coefficient (Wildman–Crippen LogP) is 3.39. The third-order valence-electron chi connectivity index (χ3n) is 3.26. The van der Waals surface area contributed by atoms with Crippen LogP contribution in [-0.4, -0.2) is 29.9 Å². The van der Waals surface area contributed by atoms with E-state index in [-0.39, 0.29) is 24.2 Å². The Balaban J connectivity index is 2.73. The molecule has 114 valence electrons. The minimum atomic E-state index is -3.52. The molecular formula is C13H23N2O3PS. The first-order chi connectivity index (χ1) is 9.57. The lowest BCUT2D eigenvalue weighted by Crippen LogP contribution is -2.41. The van der Waals surface area contributed by atoms with Crippen LogP contribution >= 0.6 is 19.8 Å². The lowest BCUT2D eigenvalue weighted by Gasteiger charge is -2.27. The van der Waals surface area contributed by atoms with Gasteiger partial charge < -0.3 is 14.4 Å². The van der Waals surface area contributed by atoms with E-state index < -0.39 is 13.3 Å². The largest absolute Gasteiger partial charge is 0.375 e. The van der Waals surface area contributed by atoms with Crippen molar-refractivity contribution in [1.29, 1.82) is 5.26 Å². The van der Waals surface area contributed by atoms with Crippen LogP contribution in [0.15, 0.2) is 0 Å². The van der Waals surface area contributed by atoms with Gasteiger partial charge in [-0.15, -0.1) is 0 Å². The number of hydrogen-bond acceptors (Lipinski definition) is 5. The molecule has 1 aliphatic carbocycles. The Bertz CT molecular complexity index is 395. The second-order valence-corrected chi connectivity index (χ2v) is 7.30. The normalized spacial score (nSPS) is 18.2. The number of thiocarbonyl (C=S) groups is 1. The predicted molar refractivity (Wildman–Crippen MR) is 82.9 cm³/mol. The second-order valence-electron chi connectivity index (χ2n) is 4.75. The van der Waals surface area contributed by atoms with E-state index in [4.69, 9.17) is 21.3 Å². The highest BCUT2D eigenvalue weighted by molar-refractivity contribution is 7.81. The van der Waals surface area contributed by atoms with Crippen molar-refractivity contribution in [3.63, 3.8) is 0 Å². The lowest BCUT2D eigenvalue weighted by molar-refractivity contribution is 0.220. The lowest BCUT2D eigenvalue weighted by atomic mass is 9.95. The molecule has 1 atom stereocenters. The summed E-state index contributed by atoms with van der Waals surface area (Å²) in [6.07, 6.45) is 5.62. The van der Waals surface area contributed by atoms with Gasteiger partial charge in [0.2, 0.25) is 0 Å². The number of nitrogens with one attached hydrogen (secondary N) is 1. The number of nitrogens with zero attached hydrogens (tertiary/aromatic N) is 1. The van der Waals surface area contributed by atoms with Gasteiger partial charge in [0.05, 0.1) is 19.3 Å². The summed E-state index contributed by atoms with van der Waals surface area (Å²) >= 11 is 5.27. The molecule has 20 heavy (non-hydrogen) atoms. The Kier molecular flexibility index (Phi) is 7.68. The molecule has 1 unspecified atom stereocenters. The molecule has 1 rings (SSSR count). The van der Waals surface area contributed by atoms with Crippen molar-refractivity contribution in [2.24, 2.45) is 0 Å². The van der Waals surface area contributed by atoms with E-state index in [0.29, 0.717) is 0 Å². The summed E-state index contributed by atoms with van der Waals surface area (Å²) in [5.74, 6) is 0. The molecule has 0 bridgehead atoms. The Labute approximate surface area is 126 Å². The van der Waals surface area contributed by atoms with E-state index >= 15 is 0 Å². The van der Waals surface area contributed by atoms with E-state index in [1.807, 2.05) is 6.07 Å². The van der Waals surface area contributed by atoms with Gasteiger partial charge in [0.1, 0.15) is 4.99 Å². The van der Waals surface area contributed by atoms with Crippen molar-refractivity contribution in [2.45, 2.75) is 57.7 Å². The minimum Gasteiger partial charge on any atom is -0.375 e. The highest BCUT2D eigenvalue weighted by atomic mass is 32.1.